The molecular weight excluding hydrogens is 362 g/mol. The Balaban J connectivity index is 1.42. The molecule has 6 nitrogen and oxygen atoms in total. The van der Waals surface area contributed by atoms with E-state index in [1.807, 2.05) is 24.3 Å². The van der Waals surface area contributed by atoms with Gasteiger partial charge in [0.2, 0.25) is 5.91 Å². The van der Waals surface area contributed by atoms with Gasteiger partial charge in [0, 0.05) is 25.2 Å². The van der Waals surface area contributed by atoms with Gasteiger partial charge < -0.3 is 14.8 Å². The van der Waals surface area contributed by atoms with Crippen molar-refractivity contribution in [1.29, 1.82) is 0 Å². The molecule has 1 N–H and O–H groups in total. The van der Waals surface area contributed by atoms with Crippen LogP contribution in [0.3, 0.4) is 0 Å². The van der Waals surface area contributed by atoms with E-state index in [1.165, 1.54) is 0 Å². The number of thiazole rings is 1. The van der Waals surface area contributed by atoms with Crippen molar-refractivity contribution in [3.05, 3.63) is 29.3 Å². The Labute approximate surface area is 164 Å². The quantitative estimate of drug-likeness (QED) is 0.786. The number of nitrogens with zero attached hydrogens (tertiary/aromatic N) is 2. The Kier molecular flexibility index (Phi) is 6.47. The molecular formula is C20H29N3O3S. The van der Waals surface area contributed by atoms with Crippen LogP contribution in [-0.4, -0.2) is 59.8 Å². The van der Waals surface area contributed by atoms with Crippen LogP contribution in [0.2, 0.25) is 0 Å². The molecule has 1 aromatic carbocycles. The number of para-hydroxylation sites is 1. The maximum atomic E-state index is 12.2. The molecule has 0 saturated carbocycles. The van der Waals surface area contributed by atoms with Crippen molar-refractivity contribution in [2.45, 2.75) is 52.0 Å². The van der Waals surface area contributed by atoms with Crippen LogP contribution in [0.4, 0.5) is 0 Å². The highest BCUT2D eigenvalue weighted by atomic mass is 32.1. The Morgan fingerprint density at radius 1 is 1.33 bits per heavy atom. The summed E-state index contributed by atoms with van der Waals surface area (Å²) < 4.78 is 12.5. The molecule has 2 heterocycles. The number of amides is 1. The molecule has 0 bridgehead atoms. The standard InChI is InChI=1S/C20H29N3O3S/c1-14-9-23(10-15(2)26-14)20(3,4)13-21-18(24)11-25-12-19-22-16-7-5-6-8-17(16)27-19/h5-8,14-15H,9-13H2,1-4H3,(H,21,24). The molecule has 1 aromatic heterocycles. The summed E-state index contributed by atoms with van der Waals surface area (Å²) in [5.74, 6) is -0.0986. The van der Waals surface area contributed by atoms with Crippen molar-refractivity contribution in [1.82, 2.24) is 15.2 Å². The lowest BCUT2D eigenvalue weighted by Crippen LogP contribution is -2.58. The summed E-state index contributed by atoms with van der Waals surface area (Å²) in [5, 5.41) is 3.89. The van der Waals surface area contributed by atoms with Gasteiger partial charge in [0.25, 0.3) is 0 Å². The number of fused-ring (bicyclic) bond motifs is 1. The highest BCUT2D eigenvalue weighted by molar-refractivity contribution is 7.18. The van der Waals surface area contributed by atoms with Crippen LogP contribution >= 0.6 is 11.3 Å². The summed E-state index contributed by atoms with van der Waals surface area (Å²) in [6.45, 7) is 11.2. The van der Waals surface area contributed by atoms with Crippen LogP contribution in [0.1, 0.15) is 32.7 Å². The number of morpholine rings is 1. The maximum absolute atomic E-state index is 12.2. The van der Waals surface area contributed by atoms with Crippen molar-refractivity contribution >= 4 is 27.5 Å². The fourth-order valence-electron chi connectivity index (χ4n) is 3.36. The normalized spacial score (nSPS) is 21.5. The van der Waals surface area contributed by atoms with Crippen LogP contribution in [0.5, 0.6) is 0 Å². The largest absolute Gasteiger partial charge is 0.373 e. The number of ether oxygens (including phenoxy) is 2. The third kappa shape index (κ3) is 5.48. The first-order chi connectivity index (χ1) is 12.8. The monoisotopic (exact) mass is 391 g/mol. The van der Waals surface area contributed by atoms with E-state index in [0.717, 1.165) is 28.3 Å². The molecule has 2 atom stereocenters. The second kappa shape index (κ2) is 8.65. The number of aromatic nitrogens is 1. The molecule has 7 heteroatoms. The van der Waals surface area contributed by atoms with Crippen LogP contribution < -0.4 is 5.32 Å². The molecule has 27 heavy (non-hydrogen) atoms. The third-order valence-corrected chi connectivity index (χ3v) is 5.80. The minimum absolute atomic E-state index is 0.0436. The average Bonchev–Trinajstić information content (AvgIpc) is 3.02. The first-order valence-electron chi connectivity index (χ1n) is 9.43. The highest BCUT2D eigenvalue weighted by Gasteiger charge is 2.33. The Morgan fingerprint density at radius 2 is 2.04 bits per heavy atom. The predicted molar refractivity (Wildman–Crippen MR) is 108 cm³/mol. The van der Waals surface area contributed by atoms with Crippen molar-refractivity contribution in [3.8, 4) is 0 Å². The van der Waals surface area contributed by atoms with Crippen molar-refractivity contribution in [3.63, 3.8) is 0 Å². The summed E-state index contributed by atoms with van der Waals surface area (Å²) in [4.78, 5) is 19.1. The number of benzene rings is 1. The van der Waals surface area contributed by atoms with E-state index in [0.29, 0.717) is 13.2 Å². The lowest BCUT2D eigenvalue weighted by Gasteiger charge is -2.45. The Bertz CT molecular complexity index is 734. The first-order valence-corrected chi connectivity index (χ1v) is 10.2. The molecule has 0 spiro atoms. The topological polar surface area (TPSA) is 63.7 Å². The molecule has 0 aliphatic carbocycles. The van der Waals surface area contributed by atoms with E-state index in [-0.39, 0.29) is 30.3 Å². The summed E-state index contributed by atoms with van der Waals surface area (Å²) in [5.41, 5.74) is 0.843. The van der Waals surface area contributed by atoms with Gasteiger partial charge in [0.1, 0.15) is 11.6 Å². The first kappa shape index (κ1) is 20.2. The van der Waals surface area contributed by atoms with Crippen molar-refractivity contribution in [2.75, 3.05) is 26.2 Å². The summed E-state index contributed by atoms with van der Waals surface area (Å²) in [6.07, 6.45) is 0.418. The van der Waals surface area contributed by atoms with Gasteiger partial charge in [-0.1, -0.05) is 12.1 Å². The van der Waals surface area contributed by atoms with Gasteiger partial charge in [-0.15, -0.1) is 11.3 Å². The molecule has 1 aliphatic heterocycles. The van der Waals surface area contributed by atoms with Gasteiger partial charge >= 0.3 is 0 Å². The second-order valence-corrected chi connectivity index (χ2v) is 8.93. The SMILES string of the molecule is CC1CN(C(C)(C)CNC(=O)COCc2nc3ccccc3s2)CC(C)O1. The number of nitrogens with one attached hydrogen (secondary N) is 1. The van der Waals surface area contributed by atoms with E-state index in [9.17, 15) is 4.79 Å². The molecule has 3 rings (SSSR count). The van der Waals surface area contributed by atoms with E-state index < -0.39 is 0 Å². The van der Waals surface area contributed by atoms with Crippen LogP contribution in [-0.2, 0) is 20.9 Å². The molecule has 1 saturated heterocycles. The van der Waals surface area contributed by atoms with E-state index >= 15 is 0 Å². The number of carbonyl (C=O) groups excluding carboxylic acids is 1. The zero-order chi connectivity index (χ0) is 19.4. The van der Waals surface area contributed by atoms with Gasteiger partial charge in [-0.25, -0.2) is 4.98 Å². The number of hydrogen-bond acceptors (Lipinski definition) is 6. The number of rotatable bonds is 7. The average molecular weight is 392 g/mol. The lowest BCUT2D eigenvalue weighted by molar-refractivity contribution is -0.127. The van der Waals surface area contributed by atoms with E-state index in [4.69, 9.17) is 9.47 Å². The summed E-state index contributed by atoms with van der Waals surface area (Å²) in [6, 6.07) is 7.99. The lowest BCUT2D eigenvalue weighted by atomic mass is 10.00. The third-order valence-electron chi connectivity index (χ3n) is 4.79. The zero-order valence-corrected chi connectivity index (χ0v) is 17.3. The van der Waals surface area contributed by atoms with Crippen LogP contribution in [0.25, 0.3) is 10.2 Å². The molecule has 0 radical (unpaired) electrons. The van der Waals surface area contributed by atoms with E-state index in [1.54, 1.807) is 11.3 Å². The van der Waals surface area contributed by atoms with Crippen LogP contribution in [0.15, 0.2) is 24.3 Å². The number of hydrogen-bond donors (Lipinski definition) is 1. The fourth-order valence-corrected chi connectivity index (χ4v) is 4.27. The zero-order valence-electron chi connectivity index (χ0n) is 16.5. The Hall–Kier alpha value is -1.54. The maximum Gasteiger partial charge on any atom is 0.246 e. The molecule has 1 amide bonds. The smallest absolute Gasteiger partial charge is 0.246 e. The minimum atomic E-state index is -0.130. The number of carbonyl (C=O) groups is 1. The molecule has 2 aromatic rings. The minimum Gasteiger partial charge on any atom is -0.373 e. The molecule has 1 aliphatic rings. The van der Waals surface area contributed by atoms with Gasteiger partial charge in [-0.2, -0.15) is 0 Å². The molecule has 2 unspecified atom stereocenters. The van der Waals surface area contributed by atoms with Gasteiger partial charge in [0.05, 0.1) is 29.0 Å². The van der Waals surface area contributed by atoms with Crippen LogP contribution in [0, 0.1) is 0 Å². The Morgan fingerprint density at radius 3 is 2.74 bits per heavy atom. The van der Waals surface area contributed by atoms with E-state index in [2.05, 4.69) is 42.9 Å². The summed E-state index contributed by atoms with van der Waals surface area (Å²) in [7, 11) is 0. The van der Waals surface area contributed by atoms with Crippen molar-refractivity contribution < 1.29 is 14.3 Å². The van der Waals surface area contributed by atoms with Gasteiger partial charge in [0.15, 0.2) is 0 Å². The van der Waals surface area contributed by atoms with Crippen molar-refractivity contribution in [2.24, 2.45) is 0 Å². The predicted octanol–water partition coefficient (Wildman–Crippen LogP) is 2.82. The fraction of sp³-hybridized carbons (Fsp3) is 0.600. The van der Waals surface area contributed by atoms with Gasteiger partial charge in [-0.3, -0.25) is 9.69 Å². The van der Waals surface area contributed by atoms with Gasteiger partial charge in [-0.05, 0) is 39.8 Å². The molecule has 148 valence electrons. The molecule has 1 fully saturated rings. The highest BCUT2D eigenvalue weighted by Crippen LogP contribution is 2.22. The summed E-state index contributed by atoms with van der Waals surface area (Å²) >= 11 is 1.60. The second-order valence-electron chi connectivity index (χ2n) is 7.82.